The molecule has 0 radical (unpaired) electrons. The minimum absolute atomic E-state index is 0.163. The van der Waals surface area contributed by atoms with E-state index in [1.165, 1.54) is 6.07 Å². The molecule has 0 saturated heterocycles. The maximum atomic E-state index is 12.2. The lowest BCUT2D eigenvalue weighted by molar-refractivity contribution is 0.323. The summed E-state index contributed by atoms with van der Waals surface area (Å²) in [6, 6.07) is 11.6. The number of benzene rings is 2. The van der Waals surface area contributed by atoms with Gasteiger partial charge >= 0.3 is 0 Å². The first-order valence-electron chi connectivity index (χ1n) is 6.95. The Morgan fingerprint density at radius 3 is 2.43 bits per heavy atom. The summed E-state index contributed by atoms with van der Waals surface area (Å²) in [5, 5.41) is 0.618. The molecule has 2 aromatic carbocycles. The molecule has 124 valence electrons. The van der Waals surface area contributed by atoms with Gasteiger partial charge in [0.25, 0.3) is 0 Å². The first-order valence-corrected chi connectivity index (χ1v) is 8.81. The smallest absolute Gasteiger partial charge is 0.240 e. The molecular weight excluding hydrogens is 338 g/mol. The van der Waals surface area contributed by atoms with Crippen LogP contribution >= 0.6 is 11.6 Å². The number of aryl methyl sites for hydroxylation is 1. The fourth-order valence-electron chi connectivity index (χ4n) is 1.98. The number of ether oxygens (including phenoxy) is 2. The molecule has 0 spiro atoms. The Bertz CT molecular complexity index is 760. The summed E-state index contributed by atoms with van der Waals surface area (Å²) < 4.78 is 37.5. The van der Waals surface area contributed by atoms with Crippen molar-refractivity contribution in [2.24, 2.45) is 0 Å². The molecule has 2 rings (SSSR count). The minimum atomic E-state index is -3.58. The molecule has 0 atom stereocenters. The van der Waals surface area contributed by atoms with Crippen molar-refractivity contribution in [2.45, 2.75) is 11.8 Å². The van der Waals surface area contributed by atoms with Crippen molar-refractivity contribution in [2.75, 3.05) is 20.3 Å². The van der Waals surface area contributed by atoms with Gasteiger partial charge in [-0.1, -0.05) is 11.6 Å². The summed E-state index contributed by atoms with van der Waals surface area (Å²) in [4.78, 5) is 0.197. The monoisotopic (exact) mass is 355 g/mol. The van der Waals surface area contributed by atoms with Crippen LogP contribution in [0.25, 0.3) is 0 Å². The Balaban J connectivity index is 1.91. The fraction of sp³-hybridized carbons (Fsp3) is 0.250. The zero-order valence-corrected chi connectivity index (χ0v) is 14.4. The van der Waals surface area contributed by atoms with Gasteiger partial charge in [0.05, 0.1) is 12.0 Å². The average molecular weight is 356 g/mol. The minimum Gasteiger partial charge on any atom is -0.496 e. The largest absolute Gasteiger partial charge is 0.496 e. The van der Waals surface area contributed by atoms with Gasteiger partial charge in [0.1, 0.15) is 18.1 Å². The molecule has 0 unspecified atom stereocenters. The number of halogens is 1. The molecular formula is C16H18ClNO4S. The van der Waals surface area contributed by atoms with E-state index in [1.807, 2.05) is 0 Å². The Labute approximate surface area is 141 Å². The maximum Gasteiger partial charge on any atom is 0.240 e. The quantitative estimate of drug-likeness (QED) is 0.775. The summed E-state index contributed by atoms with van der Waals surface area (Å²) in [5.41, 5.74) is 0.757. The van der Waals surface area contributed by atoms with E-state index < -0.39 is 10.0 Å². The third kappa shape index (κ3) is 4.86. The Kier molecular flexibility index (Phi) is 5.87. The van der Waals surface area contributed by atoms with Crippen LogP contribution in [-0.4, -0.2) is 28.7 Å². The molecule has 0 saturated carbocycles. The standard InChI is InChI=1S/C16H18ClNO4S/c1-12-11-15(7-8-16(12)21-2)23(19,20)18-9-10-22-14-5-3-13(17)4-6-14/h3-8,11,18H,9-10H2,1-2H3. The van der Waals surface area contributed by atoms with Crippen LogP contribution in [0.5, 0.6) is 11.5 Å². The first kappa shape index (κ1) is 17.6. The van der Waals surface area contributed by atoms with Crippen molar-refractivity contribution in [1.29, 1.82) is 0 Å². The zero-order valence-electron chi connectivity index (χ0n) is 12.9. The maximum absolute atomic E-state index is 12.2. The van der Waals surface area contributed by atoms with Crippen molar-refractivity contribution in [3.05, 3.63) is 53.1 Å². The van der Waals surface area contributed by atoms with Crippen LogP contribution < -0.4 is 14.2 Å². The Morgan fingerprint density at radius 2 is 1.83 bits per heavy atom. The van der Waals surface area contributed by atoms with Crippen LogP contribution in [-0.2, 0) is 10.0 Å². The molecule has 0 aliphatic heterocycles. The molecule has 0 bridgehead atoms. The van der Waals surface area contributed by atoms with Gasteiger partial charge in [0.2, 0.25) is 10.0 Å². The first-order chi connectivity index (χ1) is 10.9. The van der Waals surface area contributed by atoms with Gasteiger partial charge in [-0.3, -0.25) is 0 Å². The van der Waals surface area contributed by atoms with E-state index in [1.54, 1.807) is 50.4 Å². The van der Waals surface area contributed by atoms with Crippen LogP contribution in [0.2, 0.25) is 5.02 Å². The van der Waals surface area contributed by atoms with Crippen LogP contribution in [0.4, 0.5) is 0 Å². The van der Waals surface area contributed by atoms with Crippen LogP contribution in [0.3, 0.4) is 0 Å². The van der Waals surface area contributed by atoms with Gasteiger partial charge in [0, 0.05) is 11.6 Å². The highest BCUT2D eigenvalue weighted by Gasteiger charge is 2.14. The second kappa shape index (κ2) is 7.68. The topological polar surface area (TPSA) is 64.6 Å². The lowest BCUT2D eigenvalue weighted by Crippen LogP contribution is -2.28. The van der Waals surface area contributed by atoms with E-state index in [2.05, 4.69) is 4.72 Å². The number of methoxy groups -OCH3 is 1. The molecule has 0 aliphatic rings. The molecule has 1 N–H and O–H groups in total. The van der Waals surface area contributed by atoms with Gasteiger partial charge in [-0.25, -0.2) is 13.1 Å². The summed E-state index contributed by atoms with van der Waals surface area (Å²) in [6.07, 6.45) is 0. The highest BCUT2D eigenvalue weighted by Crippen LogP contribution is 2.21. The molecule has 2 aromatic rings. The molecule has 23 heavy (non-hydrogen) atoms. The van der Waals surface area contributed by atoms with Gasteiger partial charge in [0.15, 0.2) is 0 Å². The summed E-state index contributed by atoms with van der Waals surface area (Å²) in [7, 11) is -2.03. The second-order valence-corrected chi connectivity index (χ2v) is 7.03. The summed E-state index contributed by atoms with van der Waals surface area (Å²) in [5.74, 6) is 1.28. The van der Waals surface area contributed by atoms with Crippen LogP contribution in [0, 0.1) is 6.92 Å². The van der Waals surface area contributed by atoms with E-state index in [-0.39, 0.29) is 18.0 Å². The molecule has 7 heteroatoms. The van der Waals surface area contributed by atoms with E-state index in [9.17, 15) is 8.42 Å². The van der Waals surface area contributed by atoms with Crippen molar-refractivity contribution in [3.63, 3.8) is 0 Å². The summed E-state index contributed by atoms with van der Waals surface area (Å²) >= 11 is 5.78. The number of sulfonamides is 1. The van der Waals surface area contributed by atoms with Crippen molar-refractivity contribution in [1.82, 2.24) is 4.72 Å². The number of hydrogen-bond acceptors (Lipinski definition) is 4. The lowest BCUT2D eigenvalue weighted by atomic mass is 10.2. The van der Waals surface area contributed by atoms with Gasteiger partial charge in [-0.2, -0.15) is 0 Å². The molecule has 0 heterocycles. The average Bonchev–Trinajstić information content (AvgIpc) is 2.53. The zero-order chi connectivity index (χ0) is 16.9. The van der Waals surface area contributed by atoms with Crippen LogP contribution in [0.15, 0.2) is 47.4 Å². The number of hydrogen-bond donors (Lipinski definition) is 1. The van der Waals surface area contributed by atoms with Crippen molar-refractivity contribution in [3.8, 4) is 11.5 Å². The highest BCUT2D eigenvalue weighted by molar-refractivity contribution is 7.89. The highest BCUT2D eigenvalue weighted by atomic mass is 35.5. The van der Waals surface area contributed by atoms with Gasteiger partial charge in [-0.15, -0.1) is 0 Å². The number of rotatable bonds is 7. The third-order valence-electron chi connectivity index (χ3n) is 3.15. The van der Waals surface area contributed by atoms with Crippen molar-refractivity contribution >= 4 is 21.6 Å². The van der Waals surface area contributed by atoms with E-state index in [0.29, 0.717) is 16.5 Å². The second-order valence-electron chi connectivity index (χ2n) is 4.83. The van der Waals surface area contributed by atoms with Crippen LogP contribution in [0.1, 0.15) is 5.56 Å². The molecule has 0 aliphatic carbocycles. The normalized spacial score (nSPS) is 11.3. The Hall–Kier alpha value is -1.76. The van der Waals surface area contributed by atoms with Crippen molar-refractivity contribution < 1.29 is 17.9 Å². The van der Waals surface area contributed by atoms with E-state index >= 15 is 0 Å². The molecule has 0 aromatic heterocycles. The molecule has 0 fully saturated rings. The summed E-state index contributed by atoms with van der Waals surface area (Å²) in [6.45, 7) is 2.17. The predicted octanol–water partition coefficient (Wildman–Crippen LogP) is 3.01. The predicted molar refractivity (Wildman–Crippen MR) is 89.9 cm³/mol. The molecule has 0 amide bonds. The SMILES string of the molecule is COc1ccc(S(=O)(=O)NCCOc2ccc(Cl)cc2)cc1C. The van der Waals surface area contributed by atoms with E-state index in [4.69, 9.17) is 21.1 Å². The number of nitrogens with one attached hydrogen (secondary N) is 1. The van der Waals surface area contributed by atoms with E-state index in [0.717, 1.165) is 5.56 Å². The lowest BCUT2D eigenvalue weighted by Gasteiger charge is -2.10. The third-order valence-corrected chi connectivity index (χ3v) is 4.86. The fourth-order valence-corrected chi connectivity index (χ4v) is 3.20. The van der Waals surface area contributed by atoms with Gasteiger partial charge in [-0.05, 0) is 55.0 Å². The van der Waals surface area contributed by atoms with Gasteiger partial charge < -0.3 is 9.47 Å². The molecule has 5 nitrogen and oxygen atoms in total. The Morgan fingerprint density at radius 1 is 1.13 bits per heavy atom.